The molecule has 3 aliphatic carbocycles. The highest BCUT2D eigenvalue weighted by Gasteiger charge is 2.52. The van der Waals surface area contributed by atoms with Crippen LogP contribution in [0.25, 0.3) is 43.5 Å². The topological polar surface area (TPSA) is 6.48 Å². The lowest BCUT2D eigenvalue weighted by Crippen LogP contribution is -2.61. The van der Waals surface area contributed by atoms with Gasteiger partial charge in [0.25, 0.3) is 0 Å². The Hall–Kier alpha value is -5.84. The molecule has 7 aromatic carbocycles. The van der Waals surface area contributed by atoms with Crippen LogP contribution in [0.15, 0.2) is 133 Å². The van der Waals surface area contributed by atoms with Crippen LogP contribution in [-0.4, -0.2) is 6.85 Å². The van der Waals surface area contributed by atoms with Crippen molar-refractivity contribution < 1.29 is 0 Å². The van der Waals surface area contributed by atoms with E-state index in [0.717, 1.165) is 6.42 Å². The fourth-order valence-corrected chi connectivity index (χ4v) is 14.7. The first-order chi connectivity index (χ1) is 31.7. The van der Waals surface area contributed by atoms with E-state index >= 15 is 0 Å². The van der Waals surface area contributed by atoms with Gasteiger partial charge in [-0.05, 0) is 163 Å². The van der Waals surface area contributed by atoms with Crippen LogP contribution in [-0.2, 0) is 28.1 Å². The average molecular weight is 875 g/mol. The van der Waals surface area contributed by atoms with Gasteiger partial charge in [0, 0.05) is 54.0 Å². The van der Waals surface area contributed by atoms with Gasteiger partial charge in [-0.25, -0.2) is 0 Å². The summed E-state index contributed by atoms with van der Waals surface area (Å²) in [5, 5.41) is 1.38. The highest BCUT2D eigenvalue weighted by molar-refractivity contribution is 7.32. The molecule has 0 atom stereocenters. The Morgan fingerprint density at radius 1 is 0.545 bits per heavy atom. The number of hydrogen-bond acceptors (Lipinski definition) is 3. The largest absolute Gasteiger partial charge is 0.376 e. The number of benzene rings is 7. The maximum absolute atomic E-state index is 2.75. The van der Waals surface area contributed by atoms with E-state index in [-0.39, 0.29) is 28.5 Å². The summed E-state index contributed by atoms with van der Waals surface area (Å²) in [5.74, 6) is 0. The first kappa shape index (κ1) is 40.4. The number of hydrogen-bond donors (Lipinski definition) is 0. The number of fused-ring (bicyclic) bond motifs is 14. The number of thiophene rings is 1. The molecule has 0 amide bonds. The summed E-state index contributed by atoms with van der Waals surface area (Å²) in [4.78, 5) is 5.47. The van der Waals surface area contributed by atoms with Gasteiger partial charge in [-0.3, -0.25) is 0 Å². The molecule has 0 bridgehead atoms. The van der Waals surface area contributed by atoms with Crippen molar-refractivity contribution in [3.05, 3.63) is 172 Å². The fourth-order valence-electron chi connectivity index (χ4n) is 13.4. The van der Waals surface area contributed by atoms with E-state index in [4.69, 9.17) is 0 Å². The maximum atomic E-state index is 2.75. The zero-order valence-corrected chi connectivity index (χ0v) is 40.9. The van der Waals surface area contributed by atoms with Crippen LogP contribution in [0.2, 0.25) is 0 Å². The first-order valence-corrected chi connectivity index (χ1v) is 25.5. The summed E-state index contributed by atoms with van der Waals surface area (Å²) in [7, 11) is 0. The second-order valence-corrected chi connectivity index (χ2v) is 23.6. The minimum Gasteiger partial charge on any atom is -0.376 e. The molecule has 0 unspecified atom stereocenters. The van der Waals surface area contributed by atoms with Crippen molar-refractivity contribution in [2.75, 3.05) is 9.71 Å². The highest BCUT2D eigenvalue weighted by atomic mass is 32.1. The van der Waals surface area contributed by atoms with E-state index in [0.29, 0.717) is 0 Å². The fraction of sp³-hybridized carbons (Fsp3) is 0.290. The summed E-state index contributed by atoms with van der Waals surface area (Å²) in [6.45, 7) is 22.0. The van der Waals surface area contributed by atoms with Gasteiger partial charge in [-0.2, -0.15) is 0 Å². The van der Waals surface area contributed by atoms with E-state index in [1.54, 1.807) is 0 Å². The molecule has 8 aromatic rings. The second kappa shape index (κ2) is 13.6. The van der Waals surface area contributed by atoms with Crippen molar-refractivity contribution in [3.63, 3.8) is 0 Å². The Balaban J connectivity index is 1.21. The molecule has 0 radical (unpaired) electrons. The van der Waals surface area contributed by atoms with Gasteiger partial charge in [0.15, 0.2) is 0 Å². The van der Waals surface area contributed by atoms with Crippen molar-refractivity contribution >= 4 is 66.9 Å². The first-order valence-electron chi connectivity index (χ1n) is 24.7. The van der Waals surface area contributed by atoms with E-state index < -0.39 is 0 Å². The third kappa shape index (κ3) is 5.31. The number of para-hydroxylation sites is 1. The molecule has 2 aliphatic heterocycles. The predicted molar refractivity (Wildman–Crippen MR) is 285 cm³/mol. The molecule has 5 aliphatic rings. The SMILES string of the molecule is CCCCc1ccc(N2c3cc4c(c5c3B(c3sc6cc7c(cc6c32)C(C)(C)CCC7(C)C)N(c2ccccc2)c2cc3c(cc2-5)C(C)(C)c2ccccc2-3)C(C)(C)c2ccccc2-4)cc1. The van der Waals surface area contributed by atoms with Gasteiger partial charge in [-0.15, -0.1) is 11.3 Å². The van der Waals surface area contributed by atoms with Crippen LogP contribution < -0.4 is 20.0 Å². The molecule has 0 saturated carbocycles. The molecule has 1 aromatic heterocycles. The van der Waals surface area contributed by atoms with Crippen molar-refractivity contribution in [1.82, 2.24) is 0 Å². The molecule has 3 heterocycles. The minimum absolute atomic E-state index is 0.0528. The van der Waals surface area contributed by atoms with Crippen LogP contribution in [0.1, 0.15) is 127 Å². The van der Waals surface area contributed by atoms with Crippen molar-refractivity contribution in [3.8, 4) is 33.4 Å². The Morgan fingerprint density at radius 2 is 1.17 bits per heavy atom. The Morgan fingerprint density at radius 3 is 1.86 bits per heavy atom. The molecule has 0 N–H and O–H groups in total. The van der Waals surface area contributed by atoms with Gasteiger partial charge < -0.3 is 9.71 Å². The molecular weight excluding hydrogens is 816 g/mol. The third-order valence-corrected chi connectivity index (χ3v) is 18.2. The minimum atomic E-state index is -0.215. The third-order valence-electron chi connectivity index (χ3n) is 17.0. The molecule has 0 fully saturated rings. The van der Waals surface area contributed by atoms with E-state index in [2.05, 4.69) is 205 Å². The Labute approximate surface area is 396 Å². The van der Waals surface area contributed by atoms with Crippen molar-refractivity contribution in [1.29, 1.82) is 0 Å². The van der Waals surface area contributed by atoms with Crippen LogP contribution in [0.4, 0.5) is 28.4 Å². The summed E-state index contributed by atoms with van der Waals surface area (Å²) < 4.78 is 2.82. The van der Waals surface area contributed by atoms with Gasteiger partial charge in [0.05, 0.1) is 5.69 Å². The molecule has 2 nitrogen and oxygen atoms in total. The Kier molecular flexibility index (Phi) is 8.35. The molecular formula is C62H59BN2S. The molecule has 0 spiro atoms. The summed E-state index contributed by atoms with van der Waals surface area (Å²) >= 11 is 2.05. The van der Waals surface area contributed by atoms with Crippen molar-refractivity contribution in [2.24, 2.45) is 0 Å². The molecule has 13 rings (SSSR count). The number of unbranched alkanes of at least 4 members (excludes halogenated alkanes) is 1. The number of anilines is 5. The summed E-state index contributed by atoms with van der Waals surface area (Å²) in [6, 6.07) is 52.6. The normalized spacial score (nSPS) is 17.9. The average Bonchev–Trinajstić information content (AvgIpc) is 3.88. The molecule has 326 valence electrons. The number of nitrogens with zero attached hydrogens (tertiary/aromatic N) is 2. The lowest BCUT2D eigenvalue weighted by atomic mass is 9.45. The molecule has 0 saturated heterocycles. The van der Waals surface area contributed by atoms with Crippen LogP contribution in [0.3, 0.4) is 0 Å². The van der Waals surface area contributed by atoms with Crippen LogP contribution in [0, 0.1) is 0 Å². The smallest absolute Gasteiger partial charge is 0.343 e. The summed E-state index contributed by atoms with van der Waals surface area (Å²) in [5.41, 5.74) is 26.1. The summed E-state index contributed by atoms with van der Waals surface area (Å²) in [6.07, 6.45) is 5.89. The molecule has 4 heteroatoms. The lowest BCUT2D eigenvalue weighted by molar-refractivity contribution is 0.332. The van der Waals surface area contributed by atoms with Gasteiger partial charge in [0.2, 0.25) is 0 Å². The van der Waals surface area contributed by atoms with E-state index in [1.807, 2.05) is 11.3 Å². The maximum Gasteiger partial charge on any atom is 0.343 e. The van der Waals surface area contributed by atoms with Crippen molar-refractivity contribution in [2.45, 2.75) is 116 Å². The quantitative estimate of drug-likeness (QED) is 0.159. The van der Waals surface area contributed by atoms with Gasteiger partial charge >= 0.3 is 6.85 Å². The van der Waals surface area contributed by atoms with E-state index in [1.165, 1.54) is 147 Å². The van der Waals surface area contributed by atoms with Crippen LogP contribution >= 0.6 is 11.3 Å². The van der Waals surface area contributed by atoms with Crippen LogP contribution in [0.5, 0.6) is 0 Å². The standard InChI is InChI=1S/C62H59BN2S/c1-10-11-19-37-26-28-38(29-27-37)64-52-35-43-41-23-16-18-25-47(41)62(8,9)55(43)54-44-32-48-42(40-22-15-17-24-46(40)61(48,6)7)34-51(44)65(39-20-13-12-14-21-39)63(56(52)54)58-57(64)45-33-49-50(36-53(45)66-58)60(4,5)31-30-59(49,2)3/h12-18,20-29,32-36H,10-11,19,30-31H2,1-9H3. The second-order valence-electron chi connectivity index (χ2n) is 22.6. The zero-order valence-electron chi connectivity index (χ0n) is 40.1. The van der Waals surface area contributed by atoms with Gasteiger partial charge in [0.1, 0.15) is 0 Å². The zero-order chi connectivity index (χ0) is 45.2. The Bertz CT molecular complexity index is 3370. The highest BCUT2D eigenvalue weighted by Crippen LogP contribution is 2.61. The van der Waals surface area contributed by atoms with E-state index in [9.17, 15) is 0 Å². The predicted octanol–water partition coefficient (Wildman–Crippen LogP) is 15.9. The van der Waals surface area contributed by atoms with Gasteiger partial charge in [-0.1, -0.05) is 148 Å². The monoisotopic (exact) mass is 874 g/mol. The molecule has 66 heavy (non-hydrogen) atoms. The lowest BCUT2D eigenvalue weighted by Gasteiger charge is -2.46. The number of rotatable bonds is 5. The number of aryl methyl sites for hydroxylation is 1.